The molecule has 18 heavy (non-hydrogen) atoms. The van der Waals surface area contributed by atoms with Crippen LogP contribution < -0.4 is 5.32 Å². The summed E-state index contributed by atoms with van der Waals surface area (Å²) in [7, 11) is 2.04. The second kappa shape index (κ2) is 6.50. The highest BCUT2D eigenvalue weighted by Gasteiger charge is 2.14. The lowest BCUT2D eigenvalue weighted by atomic mass is 10.0. The molecule has 0 bridgehead atoms. The van der Waals surface area contributed by atoms with Gasteiger partial charge in [0.1, 0.15) is 0 Å². The molecule has 0 spiro atoms. The van der Waals surface area contributed by atoms with Crippen molar-refractivity contribution in [1.29, 1.82) is 0 Å². The largest absolute Gasteiger partial charge is 0.312 e. The molecular weight excluding hydrogens is 306 g/mol. The number of rotatable bonds is 5. The summed E-state index contributed by atoms with van der Waals surface area (Å²) in [4.78, 5) is 1.39. The van der Waals surface area contributed by atoms with Crippen molar-refractivity contribution in [2.75, 3.05) is 7.05 Å². The number of thiophene rings is 1. The number of hydrogen-bond acceptors (Lipinski definition) is 2. The van der Waals surface area contributed by atoms with Crippen molar-refractivity contribution in [1.82, 2.24) is 5.32 Å². The van der Waals surface area contributed by atoms with Gasteiger partial charge >= 0.3 is 0 Å². The summed E-state index contributed by atoms with van der Waals surface area (Å²) in [6, 6.07) is 11.2. The van der Waals surface area contributed by atoms with E-state index in [1.807, 2.05) is 18.4 Å². The van der Waals surface area contributed by atoms with Gasteiger partial charge in [-0.05, 0) is 65.3 Å². The molecule has 1 aromatic carbocycles. The lowest BCUT2D eigenvalue weighted by molar-refractivity contribution is 0.555. The minimum atomic E-state index is 0.430. The van der Waals surface area contributed by atoms with Gasteiger partial charge in [-0.25, -0.2) is 0 Å². The minimum Gasteiger partial charge on any atom is -0.312 e. The maximum absolute atomic E-state index is 3.62. The summed E-state index contributed by atoms with van der Waals surface area (Å²) < 4.78 is 1.22. The van der Waals surface area contributed by atoms with Gasteiger partial charge in [-0.15, -0.1) is 11.3 Å². The van der Waals surface area contributed by atoms with E-state index in [4.69, 9.17) is 0 Å². The first kappa shape index (κ1) is 13.8. The Balaban J connectivity index is 2.05. The molecule has 0 amide bonds. The van der Waals surface area contributed by atoms with Crippen LogP contribution in [-0.2, 0) is 6.42 Å². The summed E-state index contributed by atoms with van der Waals surface area (Å²) in [5.74, 6) is 0. The predicted octanol–water partition coefficient (Wildman–Crippen LogP) is 4.71. The van der Waals surface area contributed by atoms with Gasteiger partial charge in [0, 0.05) is 15.4 Å². The van der Waals surface area contributed by atoms with Crippen LogP contribution in [0.4, 0.5) is 0 Å². The van der Waals surface area contributed by atoms with E-state index >= 15 is 0 Å². The second-order valence-corrected chi connectivity index (χ2v) is 6.24. The SMILES string of the molecule is CNC(CCc1ccccc1C)c1sccc1Br. The van der Waals surface area contributed by atoms with Crippen molar-refractivity contribution in [2.24, 2.45) is 0 Å². The van der Waals surface area contributed by atoms with Crippen LogP contribution in [0.1, 0.15) is 28.5 Å². The Morgan fingerprint density at radius 3 is 2.67 bits per heavy atom. The number of halogens is 1. The molecule has 96 valence electrons. The van der Waals surface area contributed by atoms with Crippen LogP contribution >= 0.6 is 27.3 Å². The van der Waals surface area contributed by atoms with Gasteiger partial charge in [0.25, 0.3) is 0 Å². The molecule has 1 unspecified atom stereocenters. The first-order valence-electron chi connectivity index (χ1n) is 6.17. The average Bonchev–Trinajstić information content (AvgIpc) is 2.79. The number of benzene rings is 1. The molecule has 0 saturated carbocycles. The fourth-order valence-corrected chi connectivity index (χ4v) is 3.95. The molecule has 0 fully saturated rings. The van der Waals surface area contributed by atoms with Gasteiger partial charge in [-0.3, -0.25) is 0 Å². The molecule has 0 aliphatic heterocycles. The Labute approximate surface area is 121 Å². The Morgan fingerprint density at radius 1 is 1.28 bits per heavy atom. The minimum absolute atomic E-state index is 0.430. The molecule has 1 atom stereocenters. The van der Waals surface area contributed by atoms with E-state index < -0.39 is 0 Å². The van der Waals surface area contributed by atoms with Crippen molar-refractivity contribution in [3.05, 3.63) is 56.2 Å². The van der Waals surface area contributed by atoms with E-state index in [0.717, 1.165) is 12.8 Å². The van der Waals surface area contributed by atoms with Gasteiger partial charge in [0.15, 0.2) is 0 Å². The summed E-state index contributed by atoms with van der Waals surface area (Å²) in [5.41, 5.74) is 2.84. The molecule has 0 saturated heterocycles. The smallest absolute Gasteiger partial charge is 0.0426 e. The van der Waals surface area contributed by atoms with E-state index in [9.17, 15) is 0 Å². The molecule has 1 aromatic heterocycles. The van der Waals surface area contributed by atoms with E-state index in [-0.39, 0.29) is 0 Å². The third-order valence-electron chi connectivity index (χ3n) is 3.27. The maximum Gasteiger partial charge on any atom is 0.0426 e. The van der Waals surface area contributed by atoms with Gasteiger partial charge in [0.2, 0.25) is 0 Å². The molecule has 0 aliphatic carbocycles. The third-order valence-corrected chi connectivity index (χ3v) is 5.26. The van der Waals surface area contributed by atoms with Crippen molar-refractivity contribution in [2.45, 2.75) is 25.8 Å². The van der Waals surface area contributed by atoms with Crippen LogP contribution in [0.25, 0.3) is 0 Å². The average molecular weight is 324 g/mol. The van der Waals surface area contributed by atoms with Crippen molar-refractivity contribution in [3.63, 3.8) is 0 Å². The summed E-state index contributed by atoms with van der Waals surface area (Å²) in [6.07, 6.45) is 2.24. The van der Waals surface area contributed by atoms with Crippen LogP contribution in [0.3, 0.4) is 0 Å². The highest BCUT2D eigenvalue weighted by Crippen LogP contribution is 2.31. The first-order chi connectivity index (χ1) is 8.72. The fourth-order valence-electron chi connectivity index (χ4n) is 2.15. The molecular formula is C15H18BrNS. The van der Waals surface area contributed by atoms with Gasteiger partial charge in [0.05, 0.1) is 0 Å². The highest BCUT2D eigenvalue weighted by atomic mass is 79.9. The van der Waals surface area contributed by atoms with Crippen molar-refractivity contribution < 1.29 is 0 Å². The summed E-state index contributed by atoms with van der Waals surface area (Å²) >= 11 is 5.43. The molecule has 1 N–H and O–H groups in total. The first-order valence-corrected chi connectivity index (χ1v) is 7.84. The highest BCUT2D eigenvalue weighted by molar-refractivity contribution is 9.10. The van der Waals surface area contributed by atoms with E-state index in [0.29, 0.717) is 6.04 Å². The van der Waals surface area contributed by atoms with Crippen LogP contribution in [0.15, 0.2) is 40.2 Å². The zero-order chi connectivity index (χ0) is 13.0. The predicted molar refractivity (Wildman–Crippen MR) is 83.3 cm³/mol. The Bertz CT molecular complexity index is 507. The molecule has 1 heterocycles. The maximum atomic E-state index is 3.62. The zero-order valence-electron chi connectivity index (χ0n) is 10.7. The van der Waals surface area contributed by atoms with E-state index in [1.165, 1.54) is 20.5 Å². The molecule has 2 rings (SSSR count). The Kier molecular flexibility index (Phi) is 4.98. The topological polar surface area (TPSA) is 12.0 Å². The monoisotopic (exact) mass is 323 g/mol. The molecule has 0 aliphatic rings. The standard InChI is InChI=1S/C15H18BrNS/c1-11-5-3-4-6-12(11)7-8-14(17-2)15-13(16)9-10-18-15/h3-6,9-10,14,17H,7-8H2,1-2H3. The van der Waals surface area contributed by atoms with E-state index in [1.54, 1.807) is 0 Å². The lowest BCUT2D eigenvalue weighted by Crippen LogP contribution is -2.16. The number of aryl methyl sites for hydroxylation is 2. The number of nitrogens with one attached hydrogen (secondary N) is 1. The van der Waals surface area contributed by atoms with Crippen LogP contribution in [-0.4, -0.2) is 7.05 Å². The number of hydrogen-bond donors (Lipinski definition) is 1. The Morgan fingerprint density at radius 2 is 2.06 bits per heavy atom. The Hall–Kier alpha value is -0.640. The van der Waals surface area contributed by atoms with Gasteiger partial charge in [-0.1, -0.05) is 24.3 Å². The third kappa shape index (κ3) is 3.22. The molecule has 0 radical (unpaired) electrons. The summed E-state index contributed by atoms with van der Waals surface area (Å²) in [5, 5.41) is 5.55. The quantitative estimate of drug-likeness (QED) is 0.840. The lowest BCUT2D eigenvalue weighted by Gasteiger charge is -2.16. The van der Waals surface area contributed by atoms with Gasteiger partial charge < -0.3 is 5.32 Å². The van der Waals surface area contributed by atoms with E-state index in [2.05, 4.69) is 63.9 Å². The van der Waals surface area contributed by atoms with Crippen molar-refractivity contribution >= 4 is 27.3 Å². The normalized spacial score (nSPS) is 12.6. The molecule has 2 aromatic rings. The molecule has 3 heteroatoms. The van der Waals surface area contributed by atoms with Crippen LogP contribution in [0.2, 0.25) is 0 Å². The fraction of sp³-hybridized carbons (Fsp3) is 0.333. The van der Waals surface area contributed by atoms with Crippen molar-refractivity contribution in [3.8, 4) is 0 Å². The molecule has 1 nitrogen and oxygen atoms in total. The van der Waals surface area contributed by atoms with Crippen LogP contribution in [0.5, 0.6) is 0 Å². The van der Waals surface area contributed by atoms with Crippen LogP contribution in [0, 0.1) is 6.92 Å². The van der Waals surface area contributed by atoms with Gasteiger partial charge in [-0.2, -0.15) is 0 Å². The zero-order valence-corrected chi connectivity index (χ0v) is 13.1. The summed E-state index contributed by atoms with van der Waals surface area (Å²) in [6.45, 7) is 2.19. The second-order valence-electron chi connectivity index (χ2n) is 4.44.